The van der Waals surface area contributed by atoms with Crippen molar-refractivity contribution in [2.24, 2.45) is 5.73 Å². The molecule has 1 amide bonds. The van der Waals surface area contributed by atoms with Crippen LogP contribution in [0.2, 0.25) is 0 Å². The van der Waals surface area contributed by atoms with Gasteiger partial charge >= 0.3 is 0 Å². The van der Waals surface area contributed by atoms with Gasteiger partial charge in [0.25, 0.3) is 0 Å². The molecule has 0 aliphatic carbocycles. The first-order valence-corrected chi connectivity index (χ1v) is 8.67. The fourth-order valence-corrected chi connectivity index (χ4v) is 3.11. The van der Waals surface area contributed by atoms with E-state index in [1.54, 1.807) is 0 Å². The van der Waals surface area contributed by atoms with Gasteiger partial charge < -0.3 is 15.8 Å². The average molecular weight is 406 g/mol. The Morgan fingerprint density at radius 3 is 2.52 bits per heavy atom. The second kappa shape index (κ2) is 9.62. The maximum atomic E-state index is 12.0. The number of halogens is 2. The number of amides is 1. The normalized spacial score (nSPS) is 17.9. The van der Waals surface area contributed by atoms with Crippen LogP contribution in [0.3, 0.4) is 0 Å². The molecule has 1 unspecified atom stereocenters. The summed E-state index contributed by atoms with van der Waals surface area (Å²) in [6, 6.07) is 8.47. The lowest BCUT2D eigenvalue weighted by Gasteiger charge is -2.38. The van der Waals surface area contributed by atoms with Gasteiger partial charge in [-0.15, -0.1) is 12.4 Å². The number of carbonyl (C=O) groups is 1. The lowest BCUT2D eigenvalue weighted by Crippen LogP contribution is -2.44. The van der Waals surface area contributed by atoms with Crippen LogP contribution >= 0.6 is 28.3 Å². The number of hydrogen-bond donors (Lipinski definition) is 2. The van der Waals surface area contributed by atoms with Gasteiger partial charge in [-0.05, 0) is 43.9 Å². The predicted octanol–water partition coefficient (Wildman–Crippen LogP) is 3.16. The number of carbonyl (C=O) groups excluding carboxylic acids is 1. The minimum absolute atomic E-state index is 0. The van der Waals surface area contributed by atoms with E-state index in [9.17, 15) is 4.79 Å². The van der Waals surface area contributed by atoms with Gasteiger partial charge in [-0.3, -0.25) is 4.79 Å². The van der Waals surface area contributed by atoms with Crippen molar-refractivity contribution < 1.29 is 9.53 Å². The van der Waals surface area contributed by atoms with Gasteiger partial charge in [-0.1, -0.05) is 28.1 Å². The summed E-state index contributed by atoms with van der Waals surface area (Å²) in [5.74, 6) is 0.0836. The first kappa shape index (κ1) is 20.4. The van der Waals surface area contributed by atoms with E-state index < -0.39 is 0 Å². The molecule has 130 valence electrons. The Balaban J connectivity index is 0.00000264. The first-order valence-electron chi connectivity index (χ1n) is 7.88. The van der Waals surface area contributed by atoms with Crippen LogP contribution in [0.5, 0.6) is 0 Å². The van der Waals surface area contributed by atoms with Crippen molar-refractivity contribution in [3.8, 4) is 0 Å². The summed E-state index contributed by atoms with van der Waals surface area (Å²) < 4.78 is 6.59. The zero-order valence-corrected chi connectivity index (χ0v) is 15.9. The van der Waals surface area contributed by atoms with E-state index in [1.165, 1.54) is 5.56 Å². The summed E-state index contributed by atoms with van der Waals surface area (Å²) in [4.78, 5) is 12.0. The molecule has 1 aromatic rings. The number of ether oxygens (including phenoxy) is 1. The zero-order valence-electron chi connectivity index (χ0n) is 13.5. The van der Waals surface area contributed by atoms with Crippen LogP contribution in [-0.4, -0.2) is 31.7 Å². The molecule has 0 spiro atoms. The molecule has 0 radical (unpaired) electrons. The Kier molecular flexibility index (Phi) is 8.54. The average Bonchev–Trinajstić information content (AvgIpc) is 2.52. The molecular weight excluding hydrogens is 380 g/mol. The van der Waals surface area contributed by atoms with Crippen LogP contribution in [0.1, 0.15) is 38.2 Å². The van der Waals surface area contributed by atoms with Crippen molar-refractivity contribution in [3.63, 3.8) is 0 Å². The molecule has 1 fully saturated rings. The van der Waals surface area contributed by atoms with Crippen molar-refractivity contribution in [2.45, 2.75) is 44.1 Å². The smallest absolute Gasteiger partial charge is 0.220 e. The minimum Gasteiger partial charge on any atom is -0.381 e. The number of hydrogen-bond acceptors (Lipinski definition) is 3. The van der Waals surface area contributed by atoms with Crippen LogP contribution in [0.25, 0.3) is 0 Å². The highest BCUT2D eigenvalue weighted by molar-refractivity contribution is 9.10. The number of benzene rings is 1. The van der Waals surface area contributed by atoms with Gasteiger partial charge in [0.15, 0.2) is 0 Å². The SMILES string of the molecule is CC(N)CCC(=O)NCC1(c2ccc(Br)cc2)CCOCC1.Cl. The Morgan fingerprint density at radius 1 is 1.35 bits per heavy atom. The molecule has 1 aromatic carbocycles. The van der Waals surface area contributed by atoms with E-state index in [4.69, 9.17) is 10.5 Å². The summed E-state index contributed by atoms with van der Waals surface area (Å²) in [6.45, 7) is 4.07. The molecule has 0 bridgehead atoms. The Labute approximate surface area is 153 Å². The summed E-state index contributed by atoms with van der Waals surface area (Å²) in [7, 11) is 0. The quantitative estimate of drug-likeness (QED) is 0.764. The third-order valence-corrected chi connectivity index (χ3v) is 4.89. The van der Waals surface area contributed by atoms with Gasteiger partial charge in [-0.25, -0.2) is 0 Å². The molecular formula is C17H26BrClN2O2. The Morgan fingerprint density at radius 2 is 1.96 bits per heavy atom. The van der Waals surface area contributed by atoms with Crippen molar-refractivity contribution in [3.05, 3.63) is 34.3 Å². The van der Waals surface area contributed by atoms with Crippen molar-refractivity contribution in [1.29, 1.82) is 0 Å². The van der Waals surface area contributed by atoms with Crippen LogP contribution in [0.4, 0.5) is 0 Å². The molecule has 0 aromatic heterocycles. The summed E-state index contributed by atoms with van der Waals surface area (Å²) in [6.07, 6.45) is 3.08. The highest BCUT2D eigenvalue weighted by Crippen LogP contribution is 2.34. The van der Waals surface area contributed by atoms with E-state index in [0.717, 1.165) is 36.9 Å². The number of rotatable bonds is 6. The van der Waals surface area contributed by atoms with Gasteiger partial charge in [0.05, 0.1) is 0 Å². The topological polar surface area (TPSA) is 64.4 Å². The van der Waals surface area contributed by atoms with Crippen molar-refractivity contribution in [2.75, 3.05) is 19.8 Å². The van der Waals surface area contributed by atoms with Gasteiger partial charge in [0.1, 0.15) is 0 Å². The van der Waals surface area contributed by atoms with E-state index in [2.05, 4.69) is 45.5 Å². The molecule has 2 rings (SSSR count). The molecule has 4 nitrogen and oxygen atoms in total. The van der Waals surface area contributed by atoms with Crippen LogP contribution in [0.15, 0.2) is 28.7 Å². The molecule has 1 atom stereocenters. The predicted molar refractivity (Wildman–Crippen MR) is 99.0 cm³/mol. The Bertz CT molecular complexity index is 488. The maximum Gasteiger partial charge on any atom is 0.220 e. The second-order valence-electron chi connectivity index (χ2n) is 6.19. The lowest BCUT2D eigenvalue weighted by atomic mass is 9.74. The third-order valence-electron chi connectivity index (χ3n) is 4.36. The third kappa shape index (κ3) is 6.07. The van der Waals surface area contributed by atoms with Crippen molar-refractivity contribution in [1.82, 2.24) is 5.32 Å². The van der Waals surface area contributed by atoms with Crippen molar-refractivity contribution >= 4 is 34.2 Å². The van der Waals surface area contributed by atoms with Gasteiger partial charge in [0, 0.05) is 42.1 Å². The van der Waals surface area contributed by atoms with Gasteiger partial charge in [-0.2, -0.15) is 0 Å². The summed E-state index contributed by atoms with van der Waals surface area (Å²) >= 11 is 3.48. The summed E-state index contributed by atoms with van der Waals surface area (Å²) in [5.41, 5.74) is 6.95. The lowest BCUT2D eigenvalue weighted by molar-refractivity contribution is -0.121. The molecule has 1 aliphatic rings. The maximum absolute atomic E-state index is 12.0. The second-order valence-corrected chi connectivity index (χ2v) is 7.11. The number of nitrogens with two attached hydrogens (primary N) is 1. The van der Waals surface area contributed by atoms with Crippen LogP contribution in [-0.2, 0) is 14.9 Å². The molecule has 1 aliphatic heterocycles. The highest BCUT2D eigenvalue weighted by atomic mass is 79.9. The van der Waals surface area contributed by atoms with E-state index >= 15 is 0 Å². The molecule has 1 saturated heterocycles. The van der Waals surface area contributed by atoms with Crippen LogP contribution in [0, 0.1) is 0 Å². The molecule has 3 N–H and O–H groups in total. The molecule has 1 heterocycles. The first-order chi connectivity index (χ1) is 10.5. The number of nitrogens with one attached hydrogen (secondary N) is 1. The van der Waals surface area contributed by atoms with E-state index in [-0.39, 0.29) is 29.8 Å². The monoisotopic (exact) mass is 404 g/mol. The fraction of sp³-hybridized carbons (Fsp3) is 0.588. The minimum atomic E-state index is -0.0249. The fourth-order valence-electron chi connectivity index (χ4n) is 2.85. The Hall–Kier alpha value is -0.620. The highest BCUT2D eigenvalue weighted by Gasteiger charge is 2.34. The molecule has 6 heteroatoms. The van der Waals surface area contributed by atoms with Crippen LogP contribution < -0.4 is 11.1 Å². The molecule has 0 saturated carbocycles. The summed E-state index contributed by atoms with van der Waals surface area (Å²) in [5, 5.41) is 3.10. The van der Waals surface area contributed by atoms with Gasteiger partial charge in [0.2, 0.25) is 5.91 Å². The van der Waals surface area contributed by atoms with E-state index in [1.807, 2.05) is 6.92 Å². The standard InChI is InChI=1S/C17H25BrN2O2.ClH/c1-13(19)2-7-16(21)20-12-17(8-10-22-11-9-17)14-3-5-15(18)6-4-14;/h3-6,13H,2,7-12,19H2,1H3,(H,20,21);1H. The largest absolute Gasteiger partial charge is 0.381 e. The van der Waals surface area contributed by atoms with E-state index in [0.29, 0.717) is 13.0 Å². The molecule has 23 heavy (non-hydrogen) atoms. The zero-order chi connectivity index (χ0) is 16.0.